The van der Waals surface area contributed by atoms with Gasteiger partial charge in [-0.2, -0.15) is 0 Å². The molecule has 1 aliphatic carbocycles. The number of hydrogen-bond acceptors (Lipinski definition) is 2. The molecule has 3 heteroatoms. The van der Waals surface area contributed by atoms with Gasteiger partial charge in [-0.05, 0) is 65.1 Å². The first-order chi connectivity index (χ1) is 13.6. The molecule has 0 amide bonds. The number of phenolic OH excluding ortho intramolecular Hbond substituents is 1. The van der Waals surface area contributed by atoms with Crippen LogP contribution in [0.25, 0.3) is 21.9 Å². The van der Waals surface area contributed by atoms with E-state index in [0.29, 0.717) is 5.75 Å². The van der Waals surface area contributed by atoms with Crippen molar-refractivity contribution >= 4 is 16.7 Å². The van der Waals surface area contributed by atoms with E-state index in [1.54, 1.807) is 12.1 Å². The summed E-state index contributed by atoms with van der Waals surface area (Å²) in [7, 11) is 0. The second-order valence-electron chi connectivity index (χ2n) is 7.69. The predicted octanol–water partition coefficient (Wildman–Crippen LogP) is 7.85. The van der Waals surface area contributed by atoms with Gasteiger partial charge in [0.2, 0.25) is 0 Å². The molecule has 0 aliphatic heterocycles. The Kier molecular flexibility index (Phi) is 8.05. The first kappa shape index (κ1) is 23.5. The maximum Gasteiger partial charge on any atom is 0.335 e. The van der Waals surface area contributed by atoms with E-state index in [1.165, 1.54) is 38.0 Å². The Morgan fingerprint density at radius 2 is 1.30 bits per heavy atom. The van der Waals surface area contributed by atoms with E-state index in [2.05, 4.69) is 12.1 Å². The smallest absolute Gasteiger partial charge is 0.335 e. The van der Waals surface area contributed by atoms with Crippen LogP contribution >= 0.6 is 0 Å². The van der Waals surface area contributed by atoms with Gasteiger partial charge in [0.15, 0.2) is 0 Å². The molecule has 4 rings (SSSR count). The summed E-state index contributed by atoms with van der Waals surface area (Å²) in [6.45, 7) is 0. The maximum atomic E-state index is 11.1. The number of fused-ring (bicyclic) bond motifs is 1. The standard InChI is InChI=1S/C25H25O3.2CH4/c26-24-16-21-13-12-20(17-8-10-19(11-9-17)25(27)28)14-22(21)15-23(24)18-6-4-2-1-3-5-7-18;;/h8-16,26H,1-7H2,(H,27,28);2*1H4. The van der Waals surface area contributed by atoms with Crippen molar-refractivity contribution in [3.05, 3.63) is 71.6 Å². The molecule has 1 radical (unpaired) electrons. The van der Waals surface area contributed by atoms with E-state index >= 15 is 0 Å². The van der Waals surface area contributed by atoms with Crippen molar-refractivity contribution in [2.24, 2.45) is 0 Å². The fourth-order valence-electron chi connectivity index (χ4n) is 4.16. The zero-order chi connectivity index (χ0) is 19.5. The molecule has 159 valence electrons. The largest absolute Gasteiger partial charge is 0.508 e. The molecule has 0 atom stereocenters. The molecule has 3 aromatic carbocycles. The number of phenols is 1. The topological polar surface area (TPSA) is 57.5 Å². The van der Waals surface area contributed by atoms with E-state index in [0.717, 1.165) is 40.3 Å². The second-order valence-corrected chi connectivity index (χ2v) is 7.69. The van der Waals surface area contributed by atoms with Gasteiger partial charge < -0.3 is 10.2 Å². The summed E-state index contributed by atoms with van der Waals surface area (Å²) in [6, 6.07) is 17.1. The highest BCUT2D eigenvalue weighted by molar-refractivity contribution is 5.91. The summed E-state index contributed by atoms with van der Waals surface area (Å²) >= 11 is 0. The predicted molar refractivity (Wildman–Crippen MR) is 126 cm³/mol. The van der Waals surface area contributed by atoms with Crippen molar-refractivity contribution in [2.75, 3.05) is 0 Å². The number of aromatic carboxylic acids is 1. The fourth-order valence-corrected chi connectivity index (χ4v) is 4.16. The number of rotatable bonds is 3. The summed E-state index contributed by atoms with van der Waals surface area (Å²) in [5.41, 5.74) is 3.31. The van der Waals surface area contributed by atoms with Crippen molar-refractivity contribution in [3.63, 3.8) is 0 Å². The summed E-state index contributed by atoms with van der Waals surface area (Å²) in [5.74, 6) is 0.832. The lowest BCUT2D eigenvalue weighted by molar-refractivity contribution is 0.0697. The van der Waals surface area contributed by atoms with Crippen LogP contribution in [-0.4, -0.2) is 16.2 Å². The third-order valence-electron chi connectivity index (χ3n) is 5.76. The highest BCUT2D eigenvalue weighted by Gasteiger charge is 2.18. The SMILES string of the molecule is C.C.O=C(O)c1ccc(-c2ccc3cc(O)c([C]4CCCCCCC4)cc3c2)cc1. The Bertz CT molecular complexity index is 981. The molecule has 3 nitrogen and oxygen atoms in total. The Balaban J connectivity index is 0.00000160. The molecule has 0 aromatic heterocycles. The summed E-state index contributed by atoms with van der Waals surface area (Å²) in [5, 5.41) is 21.8. The summed E-state index contributed by atoms with van der Waals surface area (Å²) in [6.07, 6.45) is 8.39. The number of carboxylic acids is 1. The molecular formula is C27H33O3. The van der Waals surface area contributed by atoms with Crippen LogP contribution in [0, 0.1) is 5.92 Å². The minimum Gasteiger partial charge on any atom is -0.508 e. The van der Waals surface area contributed by atoms with Gasteiger partial charge in [-0.15, -0.1) is 0 Å². The number of carboxylic acid groups (broad SMARTS) is 1. The zero-order valence-electron chi connectivity index (χ0n) is 15.9. The number of aromatic hydroxyl groups is 1. The van der Waals surface area contributed by atoms with Gasteiger partial charge in [0.05, 0.1) is 5.56 Å². The van der Waals surface area contributed by atoms with E-state index in [-0.39, 0.29) is 20.4 Å². The van der Waals surface area contributed by atoms with Crippen molar-refractivity contribution in [1.82, 2.24) is 0 Å². The summed E-state index contributed by atoms with van der Waals surface area (Å²) < 4.78 is 0. The molecule has 2 N–H and O–H groups in total. The molecule has 0 heterocycles. The second kappa shape index (κ2) is 10.3. The van der Waals surface area contributed by atoms with Crippen LogP contribution in [0.1, 0.15) is 75.7 Å². The van der Waals surface area contributed by atoms with Crippen LogP contribution in [0.4, 0.5) is 0 Å². The zero-order valence-corrected chi connectivity index (χ0v) is 15.9. The monoisotopic (exact) mass is 405 g/mol. The van der Waals surface area contributed by atoms with Crippen LogP contribution in [0.2, 0.25) is 0 Å². The number of carbonyl (C=O) groups is 1. The molecule has 0 saturated heterocycles. The molecule has 1 fully saturated rings. The fraction of sp³-hybridized carbons (Fsp3) is 0.333. The average molecular weight is 406 g/mol. The Hall–Kier alpha value is -2.81. The number of benzene rings is 3. The third-order valence-corrected chi connectivity index (χ3v) is 5.76. The van der Waals surface area contributed by atoms with Gasteiger partial charge >= 0.3 is 5.97 Å². The lowest BCUT2D eigenvalue weighted by atomic mass is 9.84. The van der Waals surface area contributed by atoms with Crippen molar-refractivity contribution < 1.29 is 15.0 Å². The molecule has 3 aromatic rings. The Labute approximate surface area is 180 Å². The molecule has 0 spiro atoms. The lowest BCUT2D eigenvalue weighted by Crippen LogP contribution is -2.03. The van der Waals surface area contributed by atoms with Crippen LogP contribution < -0.4 is 0 Å². The minimum absolute atomic E-state index is 0. The van der Waals surface area contributed by atoms with Crippen molar-refractivity contribution in [3.8, 4) is 16.9 Å². The highest BCUT2D eigenvalue weighted by Crippen LogP contribution is 2.38. The van der Waals surface area contributed by atoms with Crippen LogP contribution in [0.3, 0.4) is 0 Å². The van der Waals surface area contributed by atoms with E-state index in [1.807, 2.05) is 30.3 Å². The van der Waals surface area contributed by atoms with Crippen LogP contribution in [-0.2, 0) is 0 Å². The first-order valence-electron chi connectivity index (χ1n) is 10.1. The Morgan fingerprint density at radius 3 is 1.93 bits per heavy atom. The van der Waals surface area contributed by atoms with Crippen LogP contribution in [0.15, 0.2) is 54.6 Å². The summed E-state index contributed by atoms with van der Waals surface area (Å²) in [4.78, 5) is 11.1. The maximum absolute atomic E-state index is 11.1. The van der Waals surface area contributed by atoms with E-state index in [9.17, 15) is 9.90 Å². The van der Waals surface area contributed by atoms with Gasteiger partial charge in [0, 0.05) is 11.5 Å². The van der Waals surface area contributed by atoms with Gasteiger partial charge in [-0.1, -0.05) is 71.2 Å². The van der Waals surface area contributed by atoms with Crippen molar-refractivity contribution in [1.29, 1.82) is 0 Å². The van der Waals surface area contributed by atoms with Gasteiger partial charge in [-0.3, -0.25) is 0 Å². The molecule has 0 bridgehead atoms. The average Bonchev–Trinajstić information content (AvgIpc) is 2.67. The van der Waals surface area contributed by atoms with Gasteiger partial charge in [-0.25, -0.2) is 4.79 Å². The molecule has 1 saturated carbocycles. The van der Waals surface area contributed by atoms with E-state index < -0.39 is 5.97 Å². The minimum atomic E-state index is -0.915. The number of hydrogen-bond donors (Lipinski definition) is 2. The molecular weight excluding hydrogens is 372 g/mol. The molecule has 0 unspecified atom stereocenters. The van der Waals surface area contributed by atoms with Crippen LogP contribution in [0.5, 0.6) is 5.75 Å². The van der Waals surface area contributed by atoms with Gasteiger partial charge in [0.25, 0.3) is 0 Å². The molecule has 1 aliphatic rings. The van der Waals surface area contributed by atoms with Crippen molar-refractivity contribution in [2.45, 2.75) is 59.8 Å². The third kappa shape index (κ3) is 5.02. The van der Waals surface area contributed by atoms with E-state index in [4.69, 9.17) is 5.11 Å². The van der Waals surface area contributed by atoms with Gasteiger partial charge in [0.1, 0.15) is 5.75 Å². The first-order valence-corrected chi connectivity index (χ1v) is 10.1. The highest BCUT2D eigenvalue weighted by atomic mass is 16.4. The lowest BCUT2D eigenvalue weighted by Gasteiger charge is -2.21. The quantitative estimate of drug-likeness (QED) is 0.466. The Morgan fingerprint density at radius 1 is 0.700 bits per heavy atom. The molecule has 30 heavy (non-hydrogen) atoms. The normalized spacial score (nSPS) is 14.8.